The maximum absolute atomic E-state index is 11.3. The van der Waals surface area contributed by atoms with Gasteiger partial charge in [-0.2, -0.15) is 0 Å². The number of furan rings is 1. The van der Waals surface area contributed by atoms with Gasteiger partial charge in [0.05, 0.1) is 12.5 Å². The number of amides is 1. The monoisotopic (exact) mass is 259 g/mol. The third-order valence-electron chi connectivity index (χ3n) is 1.86. The Morgan fingerprint density at radius 2 is 2.36 bits per heavy atom. The van der Waals surface area contributed by atoms with Gasteiger partial charge in [-0.15, -0.1) is 0 Å². The summed E-state index contributed by atoms with van der Waals surface area (Å²) < 4.78 is 4.89. The fourth-order valence-corrected chi connectivity index (χ4v) is 1.46. The summed E-state index contributed by atoms with van der Waals surface area (Å²) in [6, 6.07) is 1.85. The first kappa shape index (κ1) is 11.3. The standard InChI is InChI=1S/C10H14BrNO2/c11-5-2-1-3-10(13)12-7-9-4-6-14-8-9/h4,6,8H,1-3,5,7H2,(H,12,13). The molecule has 4 heteroatoms. The first-order valence-electron chi connectivity index (χ1n) is 4.66. The summed E-state index contributed by atoms with van der Waals surface area (Å²) in [4.78, 5) is 11.3. The smallest absolute Gasteiger partial charge is 0.220 e. The van der Waals surface area contributed by atoms with E-state index in [-0.39, 0.29) is 5.91 Å². The second-order valence-electron chi connectivity index (χ2n) is 3.05. The van der Waals surface area contributed by atoms with E-state index in [9.17, 15) is 4.79 Å². The third kappa shape index (κ3) is 4.46. The van der Waals surface area contributed by atoms with Crippen molar-refractivity contribution in [3.8, 4) is 0 Å². The zero-order valence-corrected chi connectivity index (χ0v) is 9.55. The SMILES string of the molecule is O=C(CCCCBr)NCc1ccoc1. The number of unbranched alkanes of at least 4 members (excludes halogenated alkanes) is 1. The summed E-state index contributed by atoms with van der Waals surface area (Å²) in [5.41, 5.74) is 0.999. The third-order valence-corrected chi connectivity index (χ3v) is 2.42. The minimum atomic E-state index is 0.104. The van der Waals surface area contributed by atoms with Gasteiger partial charge in [0, 0.05) is 23.9 Å². The van der Waals surface area contributed by atoms with Crippen molar-refractivity contribution in [2.24, 2.45) is 0 Å². The number of nitrogens with one attached hydrogen (secondary N) is 1. The van der Waals surface area contributed by atoms with Crippen molar-refractivity contribution in [2.45, 2.75) is 25.8 Å². The highest BCUT2D eigenvalue weighted by atomic mass is 79.9. The molecular formula is C10H14BrNO2. The maximum atomic E-state index is 11.3. The fraction of sp³-hybridized carbons (Fsp3) is 0.500. The van der Waals surface area contributed by atoms with Crippen molar-refractivity contribution in [1.82, 2.24) is 5.32 Å². The van der Waals surface area contributed by atoms with Gasteiger partial charge in [0.25, 0.3) is 0 Å². The molecule has 0 atom stereocenters. The molecule has 0 spiro atoms. The van der Waals surface area contributed by atoms with E-state index >= 15 is 0 Å². The van der Waals surface area contributed by atoms with Gasteiger partial charge >= 0.3 is 0 Å². The molecule has 1 amide bonds. The predicted octanol–water partition coefficient (Wildman–Crippen LogP) is 2.46. The Bertz CT molecular complexity index is 259. The average molecular weight is 260 g/mol. The van der Waals surface area contributed by atoms with E-state index in [4.69, 9.17) is 4.42 Å². The lowest BCUT2D eigenvalue weighted by Gasteiger charge is -2.02. The van der Waals surface area contributed by atoms with Crippen molar-refractivity contribution < 1.29 is 9.21 Å². The number of rotatable bonds is 6. The zero-order valence-electron chi connectivity index (χ0n) is 7.96. The summed E-state index contributed by atoms with van der Waals surface area (Å²) in [5, 5.41) is 3.79. The van der Waals surface area contributed by atoms with E-state index in [0.29, 0.717) is 13.0 Å². The average Bonchev–Trinajstić information content (AvgIpc) is 2.68. The lowest BCUT2D eigenvalue weighted by molar-refractivity contribution is -0.121. The lowest BCUT2D eigenvalue weighted by Crippen LogP contribution is -2.21. The highest BCUT2D eigenvalue weighted by Gasteiger charge is 2.00. The first-order valence-corrected chi connectivity index (χ1v) is 5.79. The Morgan fingerprint density at radius 3 is 3.00 bits per heavy atom. The number of halogens is 1. The molecule has 0 aliphatic rings. The van der Waals surface area contributed by atoms with Crippen molar-refractivity contribution >= 4 is 21.8 Å². The van der Waals surface area contributed by atoms with Gasteiger partial charge in [-0.1, -0.05) is 15.9 Å². The Kier molecular flexibility index (Phi) is 5.37. The predicted molar refractivity (Wildman–Crippen MR) is 58.2 cm³/mol. The van der Waals surface area contributed by atoms with Gasteiger partial charge < -0.3 is 9.73 Å². The molecule has 1 aromatic rings. The molecule has 1 aromatic heterocycles. The summed E-state index contributed by atoms with van der Waals surface area (Å²) >= 11 is 3.33. The van der Waals surface area contributed by atoms with Crippen LogP contribution in [0.1, 0.15) is 24.8 Å². The van der Waals surface area contributed by atoms with Crippen LogP contribution in [0.2, 0.25) is 0 Å². The number of alkyl halides is 1. The Balaban J connectivity index is 2.09. The maximum Gasteiger partial charge on any atom is 0.220 e. The van der Waals surface area contributed by atoms with Gasteiger partial charge in [-0.3, -0.25) is 4.79 Å². The second-order valence-corrected chi connectivity index (χ2v) is 3.85. The molecule has 0 saturated carbocycles. The fourth-order valence-electron chi connectivity index (χ4n) is 1.06. The summed E-state index contributed by atoms with van der Waals surface area (Å²) in [7, 11) is 0. The first-order chi connectivity index (χ1) is 6.83. The molecule has 78 valence electrons. The van der Waals surface area contributed by atoms with Crippen LogP contribution in [-0.4, -0.2) is 11.2 Å². The highest BCUT2D eigenvalue weighted by molar-refractivity contribution is 9.09. The van der Waals surface area contributed by atoms with Crippen LogP contribution >= 0.6 is 15.9 Å². The number of carbonyl (C=O) groups excluding carboxylic acids is 1. The normalized spacial score (nSPS) is 10.1. The minimum absolute atomic E-state index is 0.104. The molecule has 0 unspecified atom stereocenters. The molecule has 0 aromatic carbocycles. The summed E-state index contributed by atoms with van der Waals surface area (Å²) in [6.45, 7) is 0.559. The molecule has 3 nitrogen and oxygen atoms in total. The molecule has 1 heterocycles. The Morgan fingerprint density at radius 1 is 1.50 bits per heavy atom. The molecule has 0 aliphatic heterocycles. The molecule has 1 N–H and O–H groups in total. The van der Waals surface area contributed by atoms with E-state index in [1.54, 1.807) is 12.5 Å². The molecule has 0 radical (unpaired) electrons. The van der Waals surface area contributed by atoms with Crippen LogP contribution < -0.4 is 5.32 Å². The Hall–Kier alpha value is -0.770. The molecule has 0 fully saturated rings. The quantitative estimate of drug-likeness (QED) is 0.630. The van der Waals surface area contributed by atoms with Crippen molar-refractivity contribution in [1.29, 1.82) is 0 Å². The largest absolute Gasteiger partial charge is 0.472 e. The summed E-state index contributed by atoms with van der Waals surface area (Å²) in [6.07, 6.45) is 5.82. The van der Waals surface area contributed by atoms with Crippen LogP contribution in [0.4, 0.5) is 0 Å². The Labute approximate surface area is 92.0 Å². The van der Waals surface area contributed by atoms with Crippen molar-refractivity contribution in [3.63, 3.8) is 0 Å². The molecule has 0 saturated heterocycles. The minimum Gasteiger partial charge on any atom is -0.472 e. The number of hydrogen-bond donors (Lipinski definition) is 1. The van der Waals surface area contributed by atoms with Gasteiger partial charge in [-0.25, -0.2) is 0 Å². The van der Waals surface area contributed by atoms with E-state index in [2.05, 4.69) is 21.2 Å². The van der Waals surface area contributed by atoms with Gasteiger partial charge in [0.2, 0.25) is 5.91 Å². The highest BCUT2D eigenvalue weighted by Crippen LogP contribution is 2.01. The van der Waals surface area contributed by atoms with Gasteiger partial charge in [-0.05, 0) is 18.9 Å². The van der Waals surface area contributed by atoms with Crippen LogP contribution in [0.15, 0.2) is 23.0 Å². The molecule has 14 heavy (non-hydrogen) atoms. The van der Waals surface area contributed by atoms with E-state index in [1.165, 1.54) is 0 Å². The van der Waals surface area contributed by atoms with E-state index < -0.39 is 0 Å². The lowest BCUT2D eigenvalue weighted by atomic mass is 10.2. The molecule has 0 bridgehead atoms. The van der Waals surface area contributed by atoms with Crippen molar-refractivity contribution in [3.05, 3.63) is 24.2 Å². The van der Waals surface area contributed by atoms with Crippen LogP contribution in [0.25, 0.3) is 0 Å². The van der Waals surface area contributed by atoms with E-state index in [1.807, 2.05) is 6.07 Å². The second kappa shape index (κ2) is 6.65. The molecule has 1 rings (SSSR count). The summed E-state index contributed by atoms with van der Waals surface area (Å²) in [5.74, 6) is 0.104. The molecular weight excluding hydrogens is 246 g/mol. The van der Waals surface area contributed by atoms with Crippen LogP contribution in [0, 0.1) is 0 Å². The van der Waals surface area contributed by atoms with Crippen LogP contribution in [0.5, 0.6) is 0 Å². The van der Waals surface area contributed by atoms with Gasteiger partial charge in [0.1, 0.15) is 0 Å². The molecule has 0 aliphatic carbocycles. The van der Waals surface area contributed by atoms with Crippen molar-refractivity contribution in [2.75, 3.05) is 5.33 Å². The topological polar surface area (TPSA) is 42.2 Å². The van der Waals surface area contributed by atoms with Gasteiger partial charge in [0.15, 0.2) is 0 Å². The number of hydrogen-bond acceptors (Lipinski definition) is 2. The zero-order chi connectivity index (χ0) is 10.2. The van der Waals surface area contributed by atoms with Crippen LogP contribution in [0.3, 0.4) is 0 Å². The van der Waals surface area contributed by atoms with E-state index in [0.717, 1.165) is 23.7 Å². The van der Waals surface area contributed by atoms with Crippen LogP contribution in [-0.2, 0) is 11.3 Å². The number of carbonyl (C=O) groups is 1.